The molecule has 2 amide bonds. The van der Waals surface area contributed by atoms with Crippen LogP contribution in [0.4, 0.5) is 0 Å². The van der Waals surface area contributed by atoms with Crippen molar-refractivity contribution in [2.75, 3.05) is 33.3 Å². The van der Waals surface area contributed by atoms with Gasteiger partial charge in [-0.15, -0.1) is 0 Å². The molecule has 2 rings (SSSR count). The largest absolute Gasteiger partial charge is 0.484 e. The van der Waals surface area contributed by atoms with Crippen LogP contribution in [0.1, 0.15) is 37.0 Å². The molecule has 1 saturated heterocycles. The summed E-state index contributed by atoms with van der Waals surface area (Å²) in [5.41, 5.74) is 0.575. The number of hydrogen-bond acceptors (Lipinski definition) is 3. The number of ether oxygens (including phenoxy) is 1. The summed E-state index contributed by atoms with van der Waals surface area (Å²) in [5.74, 6) is 1.21. The predicted octanol–water partition coefficient (Wildman–Crippen LogP) is 2.42. The lowest BCUT2D eigenvalue weighted by molar-refractivity contribution is -0.134. The summed E-state index contributed by atoms with van der Waals surface area (Å²) in [6.45, 7) is 6.43. The topological polar surface area (TPSA) is 49.9 Å². The minimum absolute atomic E-state index is 0.0132. The van der Waals surface area contributed by atoms with Crippen LogP contribution in [0.5, 0.6) is 5.75 Å². The first-order valence-corrected chi connectivity index (χ1v) is 8.27. The van der Waals surface area contributed by atoms with Gasteiger partial charge in [-0.3, -0.25) is 9.59 Å². The Morgan fingerprint density at radius 3 is 2.65 bits per heavy atom. The normalized spacial score (nSPS) is 15.3. The Morgan fingerprint density at radius 2 is 2.00 bits per heavy atom. The molecule has 0 aliphatic carbocycles. The van der Waals surface area contributed by atoms with Crippen LogP contribution in [0.3, 0.4) is 0 Å². The Balaban J connectivity index is 1.90. The summed E-state index contributed by atoms with van der Waals surface area (Å²) in [6, 6.07) is 7.00. The average molecular weight is 318 g/mol. The Kier molecular flexibility index (Phi) is 6.02. The van der Waals surface area contributed by atoms with Gasteiger partial charge in [0.1, 0.15) is 5.75 Å². The van der Waals surface area contributed by atoms with Gasteiger partial charge < -0.3 is 14.5 Å². The SMILES string of the molecule is CCN(C)C(=O)c1cccc(OCC(=O)N2CCC(C)CC2)c1. The van der Waals surface area contributed by atoms with E-state index in [1.54, 1.807) is 36.2 Å². The maximum Gasteiger partial charge on any atom is 0.260 e. The molecule has 23 heavy (non-hydrogen) atoms. The van der Waals surface area contributed by atoms with E-state index in [1.807, 2.05) is 11.8 Å². The number of rotatable bonds is 5. The molecule has 0 saturated carbocycles. The summed E-state index contributed by atoms with van der Waals surface area (Å²) in [4.78, 5) is 27.8. The molecular weight excluding hydrogens is 292 g/mol. The summed E-state index contributed by atoms with van der Waals surface area (Å²) in [5, 5.41) is 0. The van der Waals surface area contributed by atoms with E-state index >= 15 is 0 Å². The Hall–Kier alpha value is -2.04. The van der Waals surface area contributed by atoms with Gasteiger partial charge in [0.25, 0.3) is 11.8 Å². The van der Waals surface area contributed by atoms with Crippen molar-refractivity contribution >= 4 is 11.8 Å². The molecule has 0 bridgehead atoms. The number of nitrogens with zero attached hydrogens (tertiary/aromatic N) is 2. The number of carbonyl (C=O) groups excluding carboxylic acids is 2. The van der Waals surface area contributed by atoms with E-state index in [2.05, 4.69) is 6.92 Å². The molecule has 1 aliphatic heterocycles. The van der Waals surface area contributed by atoms with Gasteiger partial charge in [0, 0.05) is 32.2 Å². The molecule has 1 aromatic carbocycles. The molecular formula is C18H26N2O3. The lowest BCUT2D eigenvalue weighted by atomic mass is 9.99. The van der Waals surface area contributed by atoms with E-state index < -0.39 is 0 Å². The van der Waals surface area contributed by atoms with Gasteiger partial charge in [0.2, 0.25) is 0 Å². The molecule has 0 spiro atoms. The van der Waals surface area contributed by atoms with Crippen molar-refractivity contribution in [2.24, 2.45) is 5.92 Å². The van der Waals surface area contributed by atoms with Gasteiger partial charge in [-0.1, -0.05) is 13.0 Å². The molecule has 0 unspecified atom stereocenters. The van der Waals surface area contributed by atoms with Crippen molar-refractivity contribution in [3.05, 3.63) is 29.8 Å². The van der Waals surface area contributed by atoms with Crippen molar-refractivity contribution in [2.45, 2.75) is 26.7 Å². The number of likely N-dealkylation sites (tertiary alicyclic amines) is 1. The fraction of sp³-hybridized carbons (Fsp3) is 0.556. The monoisotopic (exact) mass is 318 g/mol. The van der Waals surface area contributed by atoms with E-state index in [0.29, 0.717) is 23.8 Å². The van der Waals surface area contributed by atoms with Gasteiger partial charge in [0.05, 0.1) is 0 Å². The minimum Gasteiger partial charge on any atom is -0.484 e. The Morgan fingerprint density at radius 1 is 1.30 bits per heavy atom. The van der Waals surface area contributed by atoms with Crippen LogP contribution in [0, 0.1) is 5.92 Å². The van der Waals surface area contributed by atoms with Gasteiger partial charge in [-0.2, -0.15) is 0 Å². The van der Waals surface area contributed by atoms with E-state index in [1.165, 1.54) is 0 Å². The number of piperidine rings is 1. The fourth-order valence-electron chi connectivity index (χ4n) is 2.58. The quantitative estimate of drug-likeness (QED) is 0.838. The molecule has 0 aromatic heterocycles. The molecule has 0 N–H and O–H groups in total. The molecule has 5 heteroatoms. The fourth-order valence-corrected chi connectivity index (χ4v) is 2.58. The number of benzene rings is 1. The van der Waals surface area contributed by atoms with Crippen molar-refractivity contribution in [1.82, 2.24) is 9.80 Å². The lowest BCUT2D eigenvalue weighted by Gasteiger charge is -2.30. The molecule has 1 fully saturated rings. The number of hydrogen-bond donors (Lipinski definition) is 0. The smallest absolute Gasteiger partial charge is 0.260 e. The number of carbonyl (C=O) groups is 2. The van der Waals surface area contributed by atoms with E-state index in [4.69, 9.17) is 4.74 Å². The van der Waals surface area contributed by atoms with Crippen LogP contribution in [-0.2, 0) is 4.79 Å². The highest BCUT2D eigenvalue weighted by molar-refractivity contribution is 5.94. The molecule has 5 nitrogen and oxygen atoms in total. The second-order valence-corrected chi connectivity index (χ2v) is 6.20. The van der Waals surface area contributed by atoms with Crippen molar-refractivity contribution in [3.63, 3.8) is 0 Å². The standard InChI is InChI=1S/C18H26N2O3/c1-4-19(3)18(22)15-6-5-7-16(12-15)23-13-17(21)20-10-8-14(2)9-11-20/h5-7,12,14H,4,8-11,13H2,1-3H3. The van der Waals surface area contributed by atoms with Gasteiger partial charge >= 0.3 is 0 Å². The van der Waals surface area contributed by atoms with Crippen LogP contribution < -0.4 is 4.74 Å². The minimum atomic E-state index is -0.0469. The maximum atomic E-state index is 12.2. The first kappa shape index (κ1) is 17.3. The predicted molar refractivity (Wildman–Crippen MR) is 89.5 cm³/mol. The van der Waals surface area contributed by atoms with Crippen molar-refractivity contribution in [1.29, 1.82) is 0 Å². The van der Waals surface area contributed by atoms with Crippen LogP contribution in [0.25, 0.3) is 0 Å². The summed E-state index contributed by atoms with van der Waals surface area (Å²) < 4.78 is 5.59. The van der Waals surface area contributed by atoms with Crippen LogP contribution in [0.15, 0.2) is 24.3 Å². The highest BCUT2D eigenvalue weighted by Gasteiger charge is 2.20. The molecule has 0 radical (unpaired) electrons. The summed E-state index contributed by atoms with van der Waals surface area (Å²) in [6.07, 6.45) is 2.11. The summed E-state index contributed by atoms with van der Waals surface area (Å²) in [7, 11) is 1.76. The van der Waals surface area contributed by atoms with Crippen molar-refractivity contribution in [3.8, 4) is 5.75 Å². The molecule has 1 aliphatic rings. The van der Waals surface area contributed by atoms with E-state index in [-0.39, 0.29) is 18.4 Å². The molecule has 1 aromatic rings. The first-order chi connectivity index (χ1) is 11.0. The molecule has 0 atom stereocenters. The van der Waals surface area contributed by atoms with E-state index in [0.717, 1.165) is 25.9 Å². The molecule has 126 valence electrons. The third-order valence-electron chi connectivity index (χ3n) is 4.40. The Bertz CT molecular complexity index is 551. The lowest BCUT2D eigenvalue weighted by Crippen LogP contribution is -2.40. The second kappa shape index (κ2) is 7.99. The van der Waals surface area contributed by atoms with Crippen LogP contribution in [0.2, 0.25) is 0 Å². The average Bonchev–Trinajstić information content (AvgIpc) is 2.59. The van der Waals surface area contributed by atoms with Gasteiger partial charge in [-0.05, 0) is 43.9 Å². The zero-order valence-corrected chi connectivity index (χ0v) is 14.2. The third kappa shape index (κ3) is 4.71. The zero-order chi connectivity index (χ0) is 16.8. The maximum absolute atomic E-state index is 12.2. The van der Waals surface area contributed by atoms with Crippen molar-refractivity contribution < 1.29 is 14.3 Å². The Labute approximate surface area is 138 Å². The highest BCUT2D eigenvalue weighted by atomic mass is 16.5. The zero-order valence-electron chi connectivity index (χ0n) is 14.2. The first-order valence-electron chi connectivity index (χ1n) is 8.27. The highest BCUT2D eigenvalue weighted by Crippen LogP contribution is 2.17. The molecule has 1 heterocycles. The van der Waals surface area contributed by atoms with Gasteiger partial charge in [-0.25, -0.2) is 0 Å². The second-order valence-electron chi connectivity index (χ2n) is 6.20. The van der Waals surface area contributed by atoms with Crippen LogP contribution >= 0.6 is 0 Å². The van der Waals surface area contributed by atoms with Gasteiger partial charge in [0.15, 0.2) is 6.61 Å². The summed E-state index contributed by atoms with van der Waals surface area (Å²) >= 11 is 0. The van der Waals surface area contributed by atoms with E-state index in [9.17, 15) is 9.59 Å². The third-order valence-corrected chi connectivity index (χ3v) is 4.40. The number of amides is 2. The van der Waals surface area contributed by atoms with Crippen LogP contribution in [-0.4, -0.2) is 54.9 Å².